The molecule has 0 spiro atoms. The Labute approximate surface area is 103 Å². The molecule has 0 bridgehead atoms. The third-order valence-electron chi connectivity index (χ3n) is 3.61. The van der Waals surface area contributed by atoms with Gasteiger partial charge in [-0.25, -0.2) is 0 Å². The van der Waals surface area contributed by atoms with E-state index in [1.807, 2.05) is 0 Å². The van der Waals surface area contributed by atoms with Crippen LogP contribution in [0.15, 0.2) is 5.11 Å². The van der Waals surface area contributed by atoms with Crippen LogP contribution in [0.25, 0.3) is 10.4 Å². The van der Waals surface area contributed by atoms with Crippen LogP contribution >= 0.6 is 0 Å². The summed E-state index contributed by atoms with van der Waals surface area (Å²) < 4.78 is 0. The van der Waals surface area contributed by atoms with Gasteiger partial charge < -0.3 is 0 Å². The minimum atomic E-state index is -0.338. The molecule has 1 rings (SSSR count). The Morgan fingerprint density at radius 1 is 1.65 bits per heavy atom. The van der Waals surface area contributed by atoms with Gasteiger partial charge in [-0.1, -0.05) is 31.3 Å². The molecule has 1 saturated carbocycles. The van der Waals surface area contributed by atoms with E-state index in [1.165, 1.54) is 6.42 Å². The zero-order valence-electron chi connectivity index (χ0n) is 10.5. The molecule has 17 heavy (non-hydrogen) atoms. The molecular weight excluding hydrogens is 214 g/mol. The summed E-state index contributed by atoms with van der Waals surface area (Å²) in [5, 5.41) is 16.2. The fourth-order valence-corrected chi connectivity index (χ4v) is 2.56. The second-order valence-corrected chi connectivity index (χ2v) is 4.80. The summed E-state index contributed by atoms with van der Waals surface area (Å²) in [6, 6.07) is 2.46. The van der Waals surface area contributed by atoms with Crippen LogP contribution in [0.4, 0.5) is 0 Å². The standard InChI is InChI=1S/C12H21N5/c1-2-11-5-3-6-12(9-11,10-13)15-7-4-8-16-17-14/h11,15H,2-9H2,1H3. The van der Waals surface area contributed by atoms with Gasteiger partial charge in [-0.3, -0.25) is 5.32 Å². The molecule has 94 valence electrons. The molecule has 5 heteroatoms. The van der Waals surface area contributed by atoms with Crippen molar-refractivity contribution in [3.8, 4) is 6.07 Å². The predicted molar refractivity (Wildman–Crippen MR) is 67.2 cm³/mol. The molecule has 0 amide bonds. The van der Waals surface area contributed by atoms with Gasteiger partial charge in [0, 0.05) is 11.5 Å². The van der Waals surface area contributed by atoms with Crippen molar-refractivity contribution in [2.45, 2.75) is 51.0 Å². The van der Waals surface area contributed by atoms with Gasteiger partial charge in [0.1, 0.15) is 5.54 Å². The first-order valence-electron chi connectivity index (χ1n) is 6.43. The quantitative estimate of drug-likeness (QED) is 0.332. The molecule has 0 radical (unpaired) electrons. The van der Waals surface area contributed by atoms with Crippen LogP contribution in [0, 0.1) is 17.2 Å². The van der Waals surface area contributed by atoms with E-state index < -0.39 is 0 Å². The van der Waals surface area contributed by atoms with Gasteiger partial charge in [0.2, 0.25) is 0 Å². The average Bonchev–Trinajstić information content (AvgIpc) is 2.39. The highest BCUT2D eigenvalue weighted by Gasteiger charge is 2.35. The number of hydrogen-bond donors (Lipinski definition) is 1. The third-order valence-corrected chi connectivity index (χ3v) is 3.61. The summed E-state index contributed by atoms with van der Waals surface area (Å²) in [5.41, 5.74) is 7.83. The van der Waals surface area contributed by atoms with E-state index >= 15 is 0 Å². The predicted octanol–water partition coefficient (Wildman–Crippen LogP) is 3.14. The van der Waals surface area contributed by atoms with E-state index in [2.05, 4.69) is 28.3 Å². The van der Waals surface area contributed by atoms with Crippen molar-refractivity contribution >= 4 is 0 Å². The molecular formula is C12H21N5. The average molecular weight is 235 g/mol. The van der Waals surface area contributed by atoms with Gasteiger partial charge in [-0.15, -0.1) is 0 Å². The van der Waals surface area contributed by atoms with E-state index in [9.17, 15) is 5.26 Å². The topological polar surface area (TPSA) is 84.6 Å². The molecule has 0 aromatic rings. The van der Waals surface area contributed by atoms with Crippen LogP contribution in [-0.4, -0.2) is 18.6 Å². The lowest BCUT2D eigenvalue weighted by Crippen LogP contribution is -2.48. The summed E-state index contributed by atoms with van der Waals surface area (Å²) >= 11 is 0. The molecule has 0 aliphatic heterocycles. The SMILES string of the molecule is CCC1CCCC(C#N)(NCCCN=[N+]=[N-])C1. The van der Waals surface area contributed by atoms with Gasteiger partial charge in [0.05, 0.1) is 6.07 Å². The zero-order valence-corrected chi connectivity index (χ0v) is 10.5. The van der Waals surface area contributed by atoms with Crippen molar-refractivity contribution in [3.63, 3.8) is 0 Å². The molecule has 2 atom stereocenters. The monoisotopic (exact) mass is 235 g/mol. The Balaban J connectivity index is 2.40. The molecule has 0 heterocycles. The minimum Gasteiger partial charge on any atom is -0.299 e. The van der Waals surface area contributed by atoms with Crippen LogP contribution in [0.5, 0.6) is 0 Å². The van der Waals surface area contributed by atoms with Crippen molar-refractivity contribution in [1.29, 1.82) is 5.26 Å². The summed E-state index contributed by atoms with van der Waals surface area (Å²) in [6.07, 6.45) is 6.24. The molecule has 0 saturated heterocycles. The normalized spacial score (nSPS) is 28.1. The number of nitrogens with zero attached hydrogens (tertiary/aromatic N) is 4. The van der Waals surface area contributed by atoms with Crippen molar-refractivity contribution in [2.24, 2.45) is 11.0 Å². The summed E-state index contributed by atoms with van der Waals surface area (Å²) in [6.45, 7) is 3.45. The van der Waals surface area contributed by atoms with Crippen molar-refractivity contribution in [1.82, 2.24) is 5.32 Å². The molecule has 1 aliphatic carbocycles. The maximum atomic E-state index is 9.36. The van der Waals surface area contributed by atoms with Crippen molar-refractivity contribution in [2.75, 3.05) is 13.1 Å². The molecule has 1 fully saturated rings. The first-order chi connectivity index (χ1) is 8.26. The van der Waals surface area contributed by atoms with Crippen LogP contribution in [0.1, 0.15) is 45.4 Å². The highest BCUT2D eigenvalue weighted by atomic mass is 15.1. The second kappa shape index (κ2) is 7.16. The lowest BCUT2D eigenvalue weighted by atomic mass is 9.75. The van der Waals surface area contributed by atoms with Crippen molar-refractivity contribution in [3.05, 3.63) is 10.4 Å². The van der Waals surface area contributed by atoms with Crippen LogP contribution in [-0.2, 0) is 0 Å². The fraction of sp³-hybridized carbons (Fsp3) is 0.917. The molecule has 1 aliphatic rings. The lowest BCUT2D eigenvalue weighted by molar-refractivity contribution is 0.225. The van der Waals surface area contributed by atoms with E-state index in [1.54, 1.807) is 0 Å². The van der Waals surface area contributed by atoms with Gasteiger partial charge in [-0.2, -0.15) is 5.26 Å². The minimum absolute atomic E-state index is 0.338. The molecule has 0 aromatic heterocycles. The van der Waals surface area contributed by atoms with Gasteiger partial charge in [0.15, 0.2) is 0 Å². The summed E-state index contributed by atoms with van der Waals surface area (Å²) in [7, 11) is 0. The van der Waals surface area contributed by atoms with E-state index in [4.69, 9.17) is 5.53 Å². The number of hydrogen-bond acceptors (Lipinski definition) is 3. The first kappa shape index (κ1) is 13.8. The second-order valence-electron chi connectivity index (χ2n) is 4.80. The maximum Gasteiger partial charge on any atom is 0.107 e. The molecule has 1 N–H and O–H groups in total. The number of nitriles is 1. The van der Waals surface area contributed by atoms with Crippen LogP contribution < -0.4 is 5.32 Å². The van der Waals surface area contributed by atoms with Crippen molar-refractivity contribution < 1.29 is 0 Å². The fourth-order valence-electron chi connectivity index (χ4n) is 2.56. The Morgan fingerprint density at radius 3 is 3.12 bits per heavy atom. The Hall–Kier alpha value is -1.24. The molecule has 2 unspecified atom stereocenters. The number of azide groups is 1. The summed E-state index contributed by atoms with van der Waals surface area (Å²) in [4.78, 5) is 2.72. The number of nitrogens with one attached hydrogen (secondary N) is 1. The molecule has 0 aromatic carbocycles. The Morgan fingerprint density at radius 2 is 2.47 bits per heavy atom. The lowest BCUT2D eigenvalue weighted by Gasteiger charge is -2.36. The van der Waals surface area contributed by atoms with E-state index in [-0.39, 0.29) is 5.54 Å². The smallest absolute Gasteiger partial charge is 0.107 e. The zero-order chi connectivity index (χ0) is 12.6. The van der Waals surface area contributed by atoms with E-state index in [0.29, 0.717) is 12.5 Å². The highest BCUT2D eigenvalue weighted by Crippen LogP contribution is 2.33. The third kappa shape index (κ3) is 4.26. The van der Waals surface area contributed by atoms with Gasteiger partial charge >= 0.3 is 0 Å². The number of rotatable bonds is 6. The van der Waals surface area contributed by atoms with Gasteiger partial charge in [-0.05, 0) is 37.3 Å². The summed E-state index contributed by atoms with van der Waals surface area (Å²) in [5.74, 6) is 0.674. The highest BCUT2D eigenvalue weighted by molar-refractivity contribution is 5.09. The van der Waals surface area contributed by atoms with Gasteiger partial charge in [0.25, 0.3) is 0 Å². The molecule has 5 nitrogen and oxygen atoms in total. The van der Waals surface area contributed by atoms with E-state index in [0.717, 1.165) is 38.6 Å². The van der Waals surface area contributed by atoms with Crippen LogP contribution in [0.3, 0.4) is 0 Å². The maximum absolute atomic E-state index is 9.36. The largest absolute Gasteiger partial charge is 0.299 e. The Bertz CT molecular complexity index is 315. The Kier molecular flexibility index (Phi) is 5.82. The first-order valence-corrected chi connectivity index (χ1v) is 6.43. The van der Waals surface area contributed by atoms with Crippen LogP contribution in [0.2, 0.25) is 0 Å².